The van der Waals surface area contributed by atoms with Crippen LogP contribution in [0.4, 0.5) is 5.88 Å². The van der Waals surface area contributed by atoms with Gasteiger partial charge in [-0.05, 0) is 36.9 Å². The standard InChI is InChI=1S/C31H29N3O5S2/c1-3-38-30(36)26-27(20-7-5-4-6-8-20)32-31-34(28(26)21-9-12-23(40-2)13-10-21)29(35)24(41-31)19-22-11-14-25(39-22)33-15-17-37-18-16-33/h4-14,19,28H,3,15-18H2,1-2H3/b24-19-/t28-/m0/s1. The van der Waals surface area contributed by atoms with Crippen molar-refractivity contribution in [3.8, 4) is 0 Å². The fraction of sp³-hybridized carbons (Fsp3) is 0.258. The largest absolute Gasteiger partial charge is 0.463 e. The molecule has 0 saturated carbocycles. The third kappa shape index (κ3) is 5.42. The number of carbonyl (C=O) groups is 1. The number of hydrogen-bond donors (Lipinski definition) is 0. The summed E-state index contributed by atoms with van der Waals surface area (Å²) in [5.41, 5.74) is 2.17. The number of nitrogens with zero attached hydrogens (tertiary/aromatic N) is 3. The molecule has 1 saturated heterocycles. The van der Waals surface area contributed by atoms with Crippen molar-refractivity contribution < 1.29 is 18.7 Å². The molecule has 8 nitrogen and oxygen atoms in total. The highest BCUT2D eigenvalue weighted by Crippen LogP contribution is 2.35. The molecule has 0 aliphatic carbocycles. The average molecular weight is 588 g/mol. The number of furan rings is 1. The van der Waals surface area contributed by atoms with Gasteiger partial charge in [0.25, 0.3) is 5.56 Å². The van der Waals surface area contributed by atoms with Gasteiger partial charge in [0, 0.05) is 35.7 Å². The second kappa shape index (κ2) is 11.9. The molecule has 0 N–H and O–H groups in total. The normalized spacial score (nSPS) is 17.4. The van der Waals surface area contributed by atoms with Crippen LogP contribution in [-0.2, 0) is 14.3 Å². The summed E-state index contributed by atoms with van der Waals surface area (Å²) in [6, 6.07) is 20.5. The number of hydrogen-bond acceptors (Lipinski definition) is 9. The highest BCUT2D eigenvalue weighted by Gasteiger charge is 2.35. The maximum absolute atomic E-state index is 14.0. The predicted molar refractivity (Wildman–Crippen MR) is 161 cm³/mol. The van der Waals surface area contributed by atoms with Gasteiger partial charge in [-0.2, -0.15) is 0 Å². The minimum Gasteiger partial charge on any atom is -0.463 e. The zero-order chi connectivity index (χ0) is 28.3. The Bertz CT molecular complexity index is 1760. The molecule has 2 aromatic carbocycles. The second-order valence-corrected chi connectivity index (χ2v) is 11.4. The summed E-state index contributed by atoms with van der Waals surface area (Å²) < 4.78 is 19.1. The Morgan fingerprint density at radius 1 is 1.10 bits per heavy atom. The van der Waals surface area contributed by atoms with E-state index in [0.29, 0.717) is 39.6 Å². The van der Waals surface area contributed by atoms with Crippen LogP contribution in [0.2, 0.25) is 0 Å². The van der Waals surface area contributed by atoms with E-state index in [2.05, 4.69) is 4.90 Å². The van der Waals surface area contributed by atoms with Crippen molar-refractivity contribution in [1.29, 1.82) is 0 Å². The van der Waals surface area contributed by atoms with Gasteiger partial charge in [-0.15, -0.1) is 11.8 Å². The lowest BCUT2D eigenvalue weighted by molar-refractivity contribution is -0.138. The molecule has 0 radical (unpaired) electrons. The molecule has 6 rings (SSSR count). The zero-order valence-corrected chi connectivity index (χ0v) is 24.4. The Kier molecular flexibility index (Phi) is 7.95. The smallest absolute Gasteiger partial charge is 0.338 e. The summed E-state index contributed by atoms with van der Waals surface area (Å²) in [5, 5.41) is 0. The molecule has 0 amide bonds. The number of thioether (sulfide) groups is 1. The van der Waals surface area contributed by atoms with E-state index >= 15 is 0 Å². The Morgan fingerprint density at radius 3 is 2.56 bits per heavy atom. The first-order chi connectivity index (χ1) is 20.1. The molecule has 1 atom stereocenters. The summed E-state index contributed by atoms with van der Waals surface area (Å²) in [7, 11) is 0. The lowest BCUT2D eigenvalue weighted by atomic mass is 9.93. The van der Waals surface area contributed by atoms with Crippen LogP contribution < -0.4 is 19.8 Å². The lowest BCUT2D eigenvalue weighted by Crippen LogP contribution is -2.40. The first-order valence-corrected chi connectivity index (χ1v) is 15.5. The van der Waals surface area contributed by atoms with Gasteiger partial charge < -0.3 is 18.8 Å². The van der Waals surface area contributed by atoms with E-state index in [9.17, 15) is 9.59 Å². The van der Waals surface area contributed by atoms with E-state index in [4.69, 9.17) is 18.9 Å². The molecular formula is C31H29N3O5S2. The molecule has 0 unspecified atom stereocenters. The number of ether oxygens (including phenoxy) is 2. The second-order valence-electron chi connectivity index (χ2n) is 9.48. The van der Waals surface area contributed by atoms with E-state index in [1.807, 2.05) is 73.0 Å². The first-order valence-electron chi connectivity index (χ1n) is 13.4. The van der Waals surface area contributed by atoms with Crippen molar-refractivity contribution in [1.82, 2.24) is 4.57 Å². The fourth-order valence-corrected chi connectivity index (χ4v) is 6.43. The Labute approximate surface area is 245 Å². The van der Waals surface area contributed by atoms with Gasteiger partial charge >= 0.3 is 5.97 Å². The maximum atomic E-state index is 14.0. The molecule has 4 heterocycles. The van der Waals surface area contributed by atoms with Crippen LogP contribution in [0.25, 0.3) is 11.8 Å². The molecule has 41 heavy (non-hydrogen) atoms. The van der Waals surface area contributed by atoms with Gasteiger partial charge in [-0.3, -0.25) is 9.36 Å². The van der Waals surface area contributed by atoms with E-state index < -0.39 is 12.0 Å². The molecule has 0 bridgehead atoms. The summed E-state index contributed by atoms with van der Waals surface area (Å²) in [6.45, 7) is 4.79. The monoisotopic (exact) mass is 587 g/mol. The van der Waals surface area contributed by atoms with Crippen LogP contribution in [0.5, 0.6) is 0 Å². The van der Waals surface area contributed by atoms with Crippen molar-refractivity contribution >= 4 is 46.7 Å². The highest BCUT2D eigenvalue weighted by molar-refractivity contribution is 7.98. The van der Waals surface area contributed by atoms with Gasteiger partial charge in [-0.1, -0.05) is 53.8 Å². The predicted octanol–water partition coefficient (Wildman–Crippen LogP) is 4.09. The number of carbonyl (C=O) groups excluding carboxylic acids is 1. The molecule has 210 valence electrons. The molecule has 2 aromatic heterocycles. The number of anilines is 1. The van der Waals surface area contributed by atoms with Crippen molar-refractivity contribution in [2.45, 2.75) is 17.9 Å². The molecule has 10 heteroatoms. The van der Waals surface area contributed by atoms with Crippen LogP contribution in [-0.4, -0.2) is 49.7 Å². The van der Waals surface area contributed by atoms with E-state index in [0.717, 1.165) is 35.0 Å². The number of morpholine rings is 1. The van der Waals surface area contributed by atoms with Gasteiger partial charge in [0.1, 0.15) is 5.76 Å². The summed E-state index contributed by atoms with van der Waals surface area (Å²) in [5.74, 6) is 0.824. The number of fused-ring (bicyclic) bond motifs is 1. The van der Waals surface area contributed by atoms with Crippen LogP contribution in [0.3, 0.4) is 0 Å². The molecule has 2 aliphatic heterocycles. The summed E-state index contributed by atoms with van der Waals surface area (Å²) in [6.07, 6.45) is 3.76. The Hall–Kier alpha value is -3.86. The minimum atomic E-state index is -0.709. The van der Waals surface area contributed by atoms with Crippen molar-refractivity contribution in [3.63, 3.8) is 0 Å². The van der Waals surface area contributed by atoms with Crippen LogP contribution in [0, 0.1) is 0 Å². The summed E-state index contributed by atoms with van der Waals surface area (Å²) in [4.78, 5) is 36.2. The molecule has 1 fully saturated rings. The number of benzene rings is 2. The van der Waals surface area contributed by atoms with Gasteiger partial charge in [0.15, 0.2) is 10.7 Å². The Morgan fingerprint density at radius 2 is 1.85 bits per heavy atom. The van der Waals surface area contributed by atoms with Crippen LogP contribution >= 0.6 is 23.1 Å². The molecule has 2 aliphatic rings. The first kappa shape index (κ1) is 27.3. The van der Waals surface area contributed by atoms with Crippen molar-refractivity contribution in [3.05, 3.63) is 109 Å². The SMILES string of the molecule is CCOC(=O)C1=C(c2ccccc2)N=c2s/c(=C\c3ccc(N4CCOCC4)o3)c(=O)n2[C@H]1c1ccc(SC)cc1. The number of aromatic nitrogens is 1. The molecule has 4 aromatic rings. The Balaban J connectivity index is 1.54. The van der Waals surface area contributed by atoms with Gasteiger partial charge in [0.2, 0.25) is 0 Å². The highest BCUT2D eigenvalue weighted by atomic mass is 32.2. The topological polar surface area (TPSA) is 86.3 Å². The van der Waals surface area contributed by atoms with Crippen LogP contribution in [0.15, 0.2) is 91.4 Å². The zero-order valence-electron chi connectivity index (χ0n) is 22.7. The third-order valence-electron chi connectivity index (χ3n) is 7.01. The molecular weight excluding hydrogens is 558 g/mol. The maximum Gasteiger partial charge on any atom is 0.338 e. The quantitative estimate of drug-likeness (QED) is 0.238. The lowest BCUT2D eigenvalue weighted by Gasteiger charge is -2.26. The van der Waals surface area contributed by atoms with E-state index in [-0.39, 0.29) is 12.2 Å². The third-order valence-corrected chi connectivity index (χ3v) is 8.74. The summed E-state index contributed by atoms with van der Waals surface area (Å²) >= 11 is 2.91. The minimum absolute atomic E-state index is 0.205. The van der Waals surface area contributed by atoms with Crippen molar-refractivity contribution in [2.24, 2.45) is 4.99 Å². The van der Waals surface area contributed by atoms with Crippen molar-refractivity contribution in [2.75, 3.05) is 44.1 Å². The number of thiazole rings is 1. The fourth-order valence-electron chi connectivity index (χ4n) is 5.04. The number of esters is 1. The van der Waals surface area contributed by atoms with E-state index in [1.54, 1.807) is 29.3 Å². The van der Waals surface area contributed by atoms with Crippen LogP contribution in [0.1, 0.15) is 29.9 Å². The van der Waals surface area contributed by atoms with Gasteiger partial charge in [-0.25, -0.2) is 9.79 Å². The van der Waals surface area contributed by atoms with Gasteiger partial charge in [0.05, 0.1) is 41.7 Å². The average Bonchev–Trinajstić information content (AvgIpc) is 3.61. The molecule has 0 spiro atoms. The number of rotatable bonds is 7. The van der Waals surface area contributed by atoms with E-state index in [1.165, 1.54) is 11.3 Å².